The Hall–Kier alpha value is -3.28. The van der Waals surface area contributed by atoms with Gasteiger partial charge >= 0.3 is 0 Å². The summed E-state index contributed by atoms with van der Waals surface area (Å²) >= 11 is 0. The van der Waals surface area contributed by atoms with Crippen molar-refractivity contribution in [3.8, 4) is 5.75 Å². The number of carbonyl (C=O) groups excluding carboxylic acids is 1. The molecule has 1 amide bonds. The number of aromatic hydroxyl groups is 1. The van der Waals surface area contributed by atoms with Crippen molar-refractivity contribution in [2.24, 2.45) is 10.2 Å². The van der Waals surface area contributed by atoms with Crippen molar-refractivity contribution in [3.63, 3.8) is 0 Å². The highest BCUT2D eigenvalue weighted by atomic mass is 16.3. The fraction of sp³-hybridized carbons (Fsp3) is 0.200. The van der Waals surface area contributed by atoms with E-state index in [-0.39, 0.29) is 28.9 Å². The zero-order valence-electron chi connectivity index (χ0n) is 14.7. The van der Waals surface area contributed by atoms with Crippen molar-refractivity contribution in [1.82, 2.24) is 10.3 Å². The Morgan fingerprint density at radius 1 is 1.19 bits per heavy atom. The summed E-state index contributed by atoms with van der Waals surface area (Å²) in [6.45, 7) is 3.90. The van der Waals surface area contributed by atoms with Crippen LogP contribution in [0.15, 0.2) is 65.0 Å². The fourth-order valence-electron chi connectivity index (χ4n) is 2.51. The molecule has 0 bridgehead atoms. The zero-order valence-corrected chi connectivity index (χ0v) is 14.7. The minimum absolute atomic E-state index is 0.00645. The Morgan fingerprint density at radius 3 is 2.69 bits per heavy atom. The van der Waals surface area contributed by atoms with E-state index in [4.69, 9.17) is 0 Å². The van der Waals surface area contributed by atoms with Crippen LogP contribution >= 0.6 is 0 Å². The Labute approximate surface area is 151 Å². The lowest BCUT2D eigenvalue weighted by molar-refractivity contribution is 0.0937. The van der Waals surface area contributed by atoms with Crippen LogP contribution in [0.1, 0.15) is 30.6 Å². The molecule has 2 aromatic carbocycles. The van der Waals surface area contributed by atoms with Crippen molar-refractivity contribution in [3.05, 3.63) is 60.3 Å². The number of hydrogen-bond acceptors (Lipinski definition) is 5. The van der Waals surface area contributed by atoms with Crippen molar-refractivity contribution in [1.29, 1.82) is 0 Å². The van der Waals surface area contributed by atoms with Gasteiger partial charge in [-0.2, -0.15) is 0 Å². The molecule has 0 aliphatic carbocycles. The molecule has 1 heterocycles. The summed E-state index contributed by atoms with van der Waals surface area (Å²) in [5, 5.41) is 23.3. The first-order chi connectivity index (χ1) is 12.6. The summed E-state index contributed by atoms with van der Waals surface area (Å²) in [6.07, 6.45) is 2.41. The molecule has 0 aliphatic rings. The number of phenolic OH excluding ortho intramolecular Hbond substituents is 1. The maximum atomic E-state index is 12.5. The number of hydrogen-bond donors (Lipinski definition) is 2. The van der Waals surface area contributed by atoms with Crippen LogP contribution in [0.25, 0.3) is 10.8 Å². The lowest BCUT2D eigenvalue weighted by Crippen LogP contribution is -2.31. The second-order valence-electron chi connectivity index (χ2n) is 6.01. The number of carbonyl (C=O) groups is 1. The molecule has 0 radical (unpaired) electrons. The summed E-state index contributed by atoms with van der Waals surface area (Å²) in [4.78, 5) is 16.6. The predicted octanol–water partition coefficient (Wildman–Crippen LogP) is 4.88. The largest absolute Gasteiger partial charge is 0.505 e. The van der Waals surface area contributed by atoms with Crippen molar-refractivity contribution >= 4 is 28.2 Å². The van der Waals surface area contributed by atoms with Crippen LogP contribution in [-0.4, -0.2) is 22.0 Å². The smallest absolute Gasteiger partial charge is 0.255 e. The SMILES string of the molecule is CCC(C)NC(=O)c1cc2ccccc2c(N=Nc2ccccn2)c1O. The molecule has 132 valence electrons. The third kappa shape index (κ3) is 3.69. The summed E-state index contributed by atoms with van der Waals surface area (Å²) in [5.41, 5.74) is 0.432. The first-order valence-corrected chi connectivity index (χ1v) is 8.48. The van der Waals surface area contributed by atoms with E-state index < -0.39 is 0 Å². The molecule has 6 nitrogen and oxygen atoms in total. The van der Waals surface area contributed by atoms with E-state index in [0.29, 0.717) is 11.2 Å². The monoisotopic (exact) mass is 348 g/mol. The molecule has 0 fully saturated rings. The van der Waals surface area contributed by atoms with E-state index in [1.54, 1.807) is 30.5 Å². The molecule has 1 aromatic heterocycles. The summed E-state index contributed by atoms with van der Waals surface area (Å²) < 4.78 is 0. The molecule has 0 saturated heterocycles. The number of amides is 1. The molecular weight excluding hydrogens is 328 g/mol. The third-order valence-electron chi connectivity index (χ3n) is 4.13. The van der Waals surface area contributed by atoms with E-state index in [9.17, 15) is 9.90 Å². The van der Waals surface area contributed by atoms with Gasteiger partial charge in [-0.3, -0.25) is 4.79 Å². The Bertz CT molecular complexity index is 955. The van der Waals surface area contributed by atoms with Gasteiger partial charge in [-0.25, -0.2) is 4.98 Å². The van der Waals surface area contributed by atoms with Gasteiger partial charge in [0.05, 0.1) is 5.56 Å². The van der Waals surface area contributed by atoms with Gasteiger partial charge in [0.15, 0.2) is 11.6 Å². The lowest BCUT2D eigenvalue weighted by atomic mass is 10.0. The first kappa shape index (κ1) is 17.5. The van der Waals surface area contributed by atoms with Gasteiger partial charge in [0.1, 0.15) is 5.69 Å². The second-order valence-corrected chi connectivity index (χ2v) is 6.01. The molecule has 2 N–H and O–H groups in total. The van der Waals surface area contributed by atoms with E-state index in [0.717, 1.165) is 11.8 Å². The first-order valence-electron chi connectivity index (χ1n) is 8.48. The molecule has 6 heteroatoms. The van der Waals surface area contributed by atoms with Gasteiger partial charge in [0, 0.05) is 17.6 Å². The number of nitrogens with one attached hydrogen (secondary N) is 1. The van der Waals surface area contributed by atoms with Crippen molar-refractivity contribution < 1.29 is 9.90 Å². The Kier molecular flexibility index (Phi) is 5.22. The summed E-state index contributed by atoms with van der Waals surface area (Å²) in [5.74, 6) is -0.105. The van der Waals surface area contributed by atoms with Crippen LogP contribution in [-0.2, 0) is 0 Å². The molecule has 26 heavy (non-hydrogen) atoms. The zero-order chi connectivity index (χ0) is 18.5. The van der Waals surface area contributed by atoms with E-state index in [2.05, 4.69) is 20.5 Å². The number of aromatic nitrogens is 1. The molecule has 3 rings (SSSR count). The van der Waals surface area contributed by atoms with Crippen LogP contribution in [0.4, 0.5) is 11.5 Å². The fourth-order valence-corrected chi connectivity index (χ4v) is 2.51. The second kappa shape index (κ2) is 7.74. The summed E-state index contributed by atoms with van der Waals surface area (Å²) in [7, 11) is 0. The van der Waals surface area contributed by atoms with Crippen LogP contribution < -0.4 is 5.32 Å². The van der Waals surface area contributed by atoms with Gasteiger partial charge in [-0.05, 0) is 36.9 Å². The number of fused-ring (bicyclic) bond motifs is 1. The highest BCUT2D eigenvalue weighted by molar-refractivity contribution is 6.06. The highest BCUT2D eigenvalue weighted by Gasteiger charge is 2.19. The average Bonchev–Trinajstić information content (AvgIpc) is 2.67. The number of benzene rings is 2. The molecule has 3 aromatic rings. The topological polar surface area (TPSA) is 86.9 Å². The number of phenols is 1. The van der Waals surface area contributed by atoms with E-state index in [1.807, 2.05) is 38.1 Å². The molecule has 1 atom stereocenters. The molecule has 1 unspecified atom stereocenters. The van der Waals surface area contributed by atoms with E-state index >= 15 is 0 Å². The number of pyridine rings is 1. The van der Waals surface area contributed by atoms with Gasteiger partial charge in [-0.1, -0.05) is 37.3 Å². The quantitative estimate of drug-likeness (QED) is 0.644. The number of nitrogens with zero attached hydrogens (tertiary/aromatic N) is 3. The number of azo groups is 1. The average molecular weight is 348 g/mol. The third-order valence-corrected chi connectivity index (χ3v) is 4.13. The molecule has 0 spiro atoms. The lowest BCUT2D eigenvalue weighted by Gasteiger charge is -2.14. The Balaban J connectivity index is 2.10. The highest BCUT2D eigenvalue weighted by Crippen LogP contribution is 2.39. The molecular formula is C20H20N4O2. The van der Waals surface area contributed by atoms with Crippen LogP contribution in [0, 0.1) is 0 Å². The normalized spacial score (nSPS) is 12.4. The van der Waals surface area contributed by atoms with Crippen LogP contribution in [0.5, 0.6) is 5.75 Å². The van der Waals surface area contributed by atoms with Crippen LogP contribution in [0.2, 0.25) is 0 Å². The predicted molar refractivity (Wildman–Crippen MR) is 101 cm³/mol. The minimum Gasteiger partial charge on any atom is -0.505 e. The van der Waals surface area contributed by atoms with Crippen molar-refractivity contribution in [2.75, 3.05) is 0 Å². The van der Waals surface area contributed by atoms with Gasteiger partial charge in [0.2, 0.25) is 0 Å². The summed E-state index contributed by atoms with van der Waals surface area (Å²) in [6, 6.07) is 14.4. The molecule has 0 saturated carbocycles. The standard InChI is InChI=1S/C20H20N4O2/c1-3-13(2)22-20(26)16-12-14-8-4-5-9-15(14)18(19(16)25)24-23-17-10-6-7-11-21-17/h4-13,25H,3H2,1-2H3,(H,22,26). The van der Waals surface area contributed by atoms with Crippen molar-refractivity contribution in [2.45, 2.75) is 26.3 Å². The maximum Gasteiger partial charge on any atom is 0.255 e. The van der Waals surface area contributed by atoms with Gasteiger partial charge in [-0.15, -0.1) is 10.2 Å². The van der Waals surface area contributed by atoms with Gasteiger partial charge < -0.3 is 10.4 Å². The Morgan fingerprint density at radius 2 is 1.96 bits per heavy atom. The molecule has 0 aliphatic heterocycles. The van der Waals surface area contributed by atoms with E-state index in [1.165, 1.54) is 0 Å². The maximum absolute atomic E-state index is 12.5. The van der Waals surface area contributed by atoms with Gasteiger partial charge in [0.25, 0.3) is 5.91 Å². The minimum atomic E-state index is -0.336. The number of rotatable bonds is 5. The van der Waals surface area contributed by atoms with Crippen LogP contribution in [0.3, 0.4) is 0 Å².